The van der Waals surface area contributed by atoms with Gasteiger partial charge in [0.25, 0.3) is 0 Å². The van der Waals surface area contributed by atoms with Gasteiger partial charge in [0.2, 0.25) is 5.95 Å². The molecule has 1 aliphatic rings. The molecule has 1 aliphatic heterocycles. The lowest BCUT2D eigenvalue weighted by Gasteiger charge is -2.24. The van der Waals surface area contributed by atoms with Gasteiger partial charge in [-0.15, -0.1) is 0 Å². The normalized spacial score (nSPS) is 18.2. The monoisotopic (exact) mass is 289 g/mol. The Morgan fingerprint density at radius 3 is 2.71 bits per heavy atom. The van der Waals surface area contributed by atoms with E-state index in [0.717, 1.165) is 6.42 Å². The largest absolute Gasteiger partial charge is 0.444 e. The second kappa shape index (κ2) is 5.95. The minimum Gasteiger partial charge on any atom is -0.444 e. The first-order valence-corrected chi connectivity index (χ1v) is 6.84. The molecule has 0 spiro atoms. The molecule has 1 atom stereocenters. The van der Waals surface area contributed by atoms with Crippen molar-refractivity contribution in [2.24, 2.45) is 0 Å². The summed E-state index contributed by atoms with van der Waals surface area (Å²) in [7, 11) is 0. The van der Waals surface area contributed by atoms with Gasteiger partial charge in [0.1, 0.15) is 11.7 Å². The van der Waals surface area contributed by atoms with Crippen molar-refractivity contribution < 1.29 is 9.53 Å². The van der Waals surface area contributed by atoms with Crippen molar-refractivity contribution in [1.29, 1.82) is 5.26 Å². The van der Waals surface area contributed by atoms with E-state index in [9.17, 15) is 4.79 Å². The van der Waals surface area contributed by atoms with Gasteiger partial charge in [-0.25, -0.2) is 14.8 Å². The van der Waals surface area contributed by atoms with Gasteiger partial charge in [-0.3, -0.25) is 0 Å². The lowest BCUT2D eigenvalue weighted by Crippen LogP contribution is -2.36. The number of likely N-dealkylation sites (tertiary alicyclic amines) is 1. The van der Waals surface area contributed by atoms with E-state index < -0.39 is 5.60 Å². The minimum absolute atomic E-state index is 0.0884. The third-order valence-electron chi connectivity index (χ3n) is 2.95. The molecule has 0 saturated carbocycles. The molecule has 0 aromatic carbocycles. The number of nitriles is 1. The van der Waals surface area contributed by atoms with Crippen molar-refractivity contribution in [3.8, 4) is 6.07 Å². The van der Waals surface area contributed by atoms with Crippen molar-refractivity contribution in [2.75, 3.05) is 18.4 Å². The summed E-state index contributed by atoms with van der Waals surface area (Å²) in [5.41, 5.74) is -0.0684. The summed E-state index contributed by atoms with van der Waals surface area (Å²) in [5.74, 6) is 0.463. The first-order valence-electron chi connectivity index (χ1n) is 6.84. The van der Waals surface area contributed by atoms with Gasteiger partial charge in [0.05, 0.1) is 18.0 Å². The summed E-state index contributed by atoms with van der Waals surface area (Å²) in [6.07, 6.45) is 3.45. The number of rotatable bonds is 2. The standard InChI is InChI=1S/C14H19N5O2/c1-14(2,3)21-13(20)19-5-4-11(9-19)18-12-16-7-10(6-15)8-17-12/h7-8,11H,4-5,9H2,1-3H3,(H,16,17,18)/t11-/m1/s1. The van der Waals surface area contributed by atoms with E-state index in [1.54, 1.807) is 4.90 Å². The van der Waals surface area contributed by atoms with Gasteiger partial charge in [-0.1, -0.05) is 0 Å². The van der Waals surface area contributed by atoms with Crippen LogP contribution in [0.1, 0.15) is 32.8 Å². The first kappa shape index (κ1) is 15.0. The van der Waals surface area contributed by atoms with Gasteiger partial charge in [0.15, 0.2) is 0 Å². The van der Waals surface area contributed by atoms with E-state index >= 15 is 0 Å². The zero-order valence-electron chi connectivity index (χ0n) is 12.5. The van der Waals surface area contributed by atoms with E-state index in [-0.39, 0.29) is 12.1 Å². The SMILES string of the molecule is CC(C)(C)OC(=O)N1CC[C@@H](Nc2ncc(C#N)cn2)C1. The maximum Gasteiger partial charge on any atom is 0.410 e. The van der Waals surface area contributed by atoms with E-state index in [0.29, 0.717) is 24.6 Å². The third-order valence-corrected chi connectivity index (χ3v) is 2.95. The van der Waals surface area contributed by atoms with E-state index in [2.05, 4.69) is 15.3 Å². The van der Waals surface area contributed by atoms with Gasteiger partial charge < -0.3 is 15.0 Å². The molecule has 0 aliphatic carbocycles. The highest BCUT2D eigenvalue weighted by atomic mass is 16.6. The van der Waals surface area contributed by atoms with Crippen LogP contribution in [0.4, 0.5) is 10.7 Å². The lowest BCUT2D eigenvalue weighted by molar-refractivity contribution is 0.0293. The number of ether oxygens (including phenoxy) is 1. The average Bonchev–Trinajstić information content (AvgIpc) is 2.86. The summed E-state index contributed by atoms with van der Waals surface area (Å²) in [6, 6.07) is 2.06. The van der Waals surface area contributed by atoms with Crippen LogP contribution in [0.15, 0.2) is 12.4 Å². The molecule has 2 rings (SSSR count). The molecule has 1 aromatic rings. The topological polar surface area (TPSA) is 91.1 Å². The number of anilines is 1. The minimum atomic E-state index is -0.487. The van der Waals surface area contributed by atoms with Crippen molar-refractivity contribution in [1.82, 2.24) is 14.9 Å². The van der Waals surface area contributed by atoms with Gasteiger partial charge >= 0.3 is 6.09 Å². The summed E-state index contributed by atoms with van der Waals surface area (Å²) >= 11 is 0. The summed E-state index contributed by atoms with van der Waals surface area (Å²) < 4.78 is 5.34. The molecule has 2 heterocycles. The predicted molar refractivity (Wildman–Crippen MR) is 76.6 cm³/mol. The van der Waals surface area contributed by atoms with Crippen LogP contribution in [0.25, 0.3) is 0 Å². The highest BCUT2D eigenvalue weighted by Crippen LogP contribution is 2.17. The molecule has 7 nitrogen and oxygen atoms in total. The molecule has 1 fully saturated rings. The molecule has 1 aromatic heterocycles. The molecule has 0 radical (unpaired) electrons. The van der Waals surface area contributed by atoms with Crippen molar-refractivity contribution in [2.45, 2.75) is 38.8 Å². The molecule has 1 saturated heterocycles. The summed E-state index contributed by atoms with van der Waals surface area (Å²) in [4.78, 5) is 21.8. The molecular weight excluding hydrogens is 270 g/mol. The Kier molecular flexibility index (Phi) is 4.26. The fraction of sp³-hybridized carbons (Fsp3) is 0.571. The Labute approximate surface area is 123 Å². The molecule has 112 valence electrons. The van der Waals surface area contributed by atoms with Crippen molar-refractivity contribution >= 4 is 12.0 Å². The fourth-order valence-electron chi connectivity index (χ4n) is 2.01. The number of nitrogens with zero attached hydrogens (tertiary/aromatic N) is 4. The highest BCUT2D eigenvalue weighted by molar-refractivity contribution is 5.68. The molecule has 21 heavy (non-hydrogen) atoms. The number of aromatic nitrogens is 2. The summed E-state index contributed by atoms with van der Waals surface area (Å²) in [5, 5.41) is 11.9. The second-order valence-electron chi connectivity index (χ2n) is 5.96. The van der Waals surface area contributed by atoms with Crippen LogP contribution in [-0.4, -0.2) is 45.7 Å². The predicted octanol–water partition coefficient (Wildman–Crippen LogP) is 1.77. The number of nitrogens with one attached hydrogen (secondary N) is 1. The maximum absolute atomic E-state index is 12.0. The average molecular weight is 289 g/mol. The van der Waals surface area contributed by atoms with Gasteiger partial charge in [-0.05, 0) is 27.2 Å². The van der Waals surface area contributed by atoms with E-state index in [1.165, 1.54) is 12.4 Å². The second-order valence-corrected chi connectivity index (χ2v) is 5.96. The number of carbonyl (C=O) groups excluding carboxylic acids is 1. The zero-order valence-corrected chi connectivity index (χ0v) is 12.5. The number of carbonyl (C=O) groups is 1. The number of amides is 1. The number of hydrogen-bond acceptors (Lipinski definition) is 6. The molecule has 0 unspecified atom stereocenters. The van der Waals surface area contributed by atoms with E-state index in [1.807, 2.05) is 26.8 Å². The van der Waals surface area contributed by atoms with Gasteiger partial charge in [-0.2, -0.15) is 5.26 Å². The highest BCUT2D eigenvalue weighted by Gasteiger charge is 2.29. The van der Waals surface area contributed by atoms with Crippen molar-refractivity contribution in [3.05, 3.63) is 18.0 Å². The Morgan fingerprint density at radius 2 is 2.14 bits per heavy atom. The number of hydrogen-bond donors (Lipinski definition) is 1. The van der Waals surface area contributed by atoms with Crippen LogP contribution < -0.4 is 5.32 Å². The molecule has 0 bridgehead atoms. The van der Waals surface area contributed by atoms with Crippen LogP contribution in [0.3, 0.4) is 0 Å². The van der Waals surface area contributed by atoms with Gasteiger partial charge in [0, 0.05) is 19.1 Å². The Bertz CT molecular complexity index is 544. The summed E-state index contributed by atoms with van der Waals surface area (Å²) in [6.45, 7) is 6.74. The van der Waals surface area contributed by atoms with Crippen LogP contribution in [-0.2, 0) is 4.74 Å². The fourth-order valence-corrected chi connectivity index (χ4v) is 2.01. The Hall–Kier alpha value is -2.36. The maximum atomic E-state index is 12.0. The van der Waals surface area contributed by atoms with Crippen molar-refractivity contribution in [3.63, 3.8) is 0 Å². The molecule has 7 heteroatoms. The smallest absolute Gasteiger partial charge is 0.410 e. The molecule has 1 N–H and O–H groups in total. The molecule has 1 amide bonds. The Morgan fingerprint density at radius 1 is 1.48 bits per heavy atom. The Balaban J connectivity index is 1.87. The van der Waals surface area contributed by atoms with E-state index in [4.69, 9.17) is 10.00 Å². The zero-order chi connectivity index (χ0) is 15.5. The van der Waals surface area contributed by atoms with Crippen LogP contribution >= 0.6 is 0 Å². The first-order chi connectivity index (χ1) is 9.87. The quantitative estimate of drug-likeness (QED) is 0.892. The van der Waals surface area contributed by atoms with Crippen LogP contribution in [0, 0.1) is 11.3 Å². The lowest BCUT2D eigenvalue weighted by atomic mass is 10.2. The molecular formula is C14H19N5O2. The third kappa shape index (κ3) is 4.31. The van der Waals surface area contributed by atoms with Crippen LogP contribution in [0.2, 0.25) is 0 Å². The van der Waals surface area contributed by atoms with Crippen LogP contribution in [0.5, 0.6) is 0 Å².